The Morgan fingerprint density at radius 1 is 1.53 bits per heavy atom. The van der Waals surface area contributed by atoms with Gasteiger partial charge in [0.05, 0.1) is 12.8 Å². The Bertz CT molecular complexity index is 316. The number of nitrogen functional groups attached to an aromatic ring is 1. The molecule has 0 radical (unpaired) electrons. The Balaban J connectivity index is 2.76. The summed E-state index contributed by atoms with van der Waals surface area (Å²) in [5.74, 6) is 1.33. The Morgan fingerprint density at radius 3 is 2.87 bits per heavy atom. The van der Waals surface area contributed by atoms with Crippen molar-refractivity contribution in [3.05, 3.63) is 12.1 Å². The fourth-order valence-corrected chi connectivity index (χ4v) is 1.21. The molecule has 1 aromatic rings. The predicted molar refractivity (Wildman–Crippen MR) is 62.4 cm³/mol. The van der Waals surface area contributed by atoms with Crippen LogP contribution in [0.25, 0.3) is 0 Å². The molecule has 3 N–H and O–H groups in total. The fourth-order valence-electron chi connectivity index (χ4n) is 1.21. The van der Waals surface area contributed by atoms with Crippen LogP contribution in [0.4, 0.5) is 11.5 Å². The maximum absolute atomic E-state index is 5.68. The molecule has 5 nitrogen and oxygen atoms in total. The molecule has 0 aliphatic rings. The van der Waals surface area contributed by atoms with Crippen LogP contribution in [0.5, 0.6) is 5.88 Å². The largest absolute Gasteiger partial charge is 0.479 e. The first-order valence-corrected chi connectivity index (χ1v) is 4.85. The number of nitrogens with one attached hydrogen (secondary N) is 1. The summed E-state index contributed by atoms with van der Waals surface area (Å²) in [6, 6.07) is 3.69. The van der Waals surface area contributed by atoms with Crippen molar-refractivity contribution in [1.82, 2.24) is 10.3 Å². The highest BCUT2D eigenvalue weighted by Crippen LogP contribution is 2.21. The standard InChI is InChI=1S/C10H18N4O/c1-12-6-7-14(2)9-5-4-8(11)10(13-9)15-3/h4-5,12H,6-7,11H2,1-3H3. The molecule has 0 aliphatic carbocycles. The van der Waals surface area contributed by atoms with Crippen molar-refractivity contribution in [2.24, 2.45) is 0 Å². The lowest BCUT2D eigenvalue weighted by atomic mass is 10.4. The molecular formula is C10H18N4O. The maximum atomic E-state index is 5.68. The summed E-state index contributed by atoms with van der Waals surface area (Å²) in [6.45, 7) is 1.79. The third-order valence-corrected chi connectivity index (χ3v) is 2.16. The second-order valence-electron chi connectivity index (χ2n) is 3.29. The summed E-state index contributed by atoms with van der Waals surface area (Å²) in [5.41, 5.74) is 6.24. The zero-order valence-electron chi connectivity index (χ0n) is 9.45. The van der Waals surface area contributed by atoms with E-state index in [1.165, 1.54) is 0 Å². The van der Waals surface area contributed by atoms with Gasteiger partial charge in [0, 0.05) is 20.1 Å². The van der Waals surface area contributed by atoms with E-state index in [2.05, 4.69) is 10.3 Å². The molecule has 1 aromatic heterocycles. The summed E-state index contributed by atoms with van der Waals surface area (Å²) in [5, 5.41) is 3.08. The van der Waals surface area contributed by atoms with E-state index in [-0.39, 0.29) is 0 Å². The van der Waals surface area contributed by atoms with Crippen LogP contribution in [-0.4, -0.2) is 39.3 Å². The average Bonchev–Trinajstić information content (AvgIpc) is 2.26. The molecule has 0 aliphatic heterocycles. The number of rotatable bonds is 5. The lowest BCUT2D eigenvalue weighted by Gasteiger charge is -2.18. The molecule has 84 valence electrons. The van der Waals surface area contributed by atoms with Crippen LogP contribution in [0.15, 0.2) is 12.1 Å². The molecule has 0 atom stereocenters. The number of nitrogens with two attached hydrogens (primary N) is 1. The maximum Gasteiger partial charge on any atom is 0.238 e. The molecule has 5 heteroatoms. The van der Waals surface area contributed by atoms with Gasteiger partial charge in [-0.15, -0.1) is 0 Å². The summed E-state index contributed by atoms with van der Waals surface area (Å²) in [7, 11) is 5.47. The molecular weight excluding hydrogens is 192 g/mol. The number of likely N-dealkylation sites (N-methyl/N-ethyl adjacent to an activating group) is 2. The van der Waals surface area contributed by atoms with E-state index in [9.17, 15) is 0 Å². The highest BCUT2D eigenvalue weighted by atomic mass is 16.5. The van der Waals surface area contributed by atoms with Gasteiger partial charge in [-0.3, -0.25) is 0 Å². The summed E-state index contributed by atoms with van der Waals surface area (Å²) in [4.78, 5) is 6.33. The smallest absolute Gasteiger partial charge is 0.238 e. The van der Waals surface area contributed by atoms with Crippen LogP contribution in [0.3, 0.4) is 0 Å². The normalized spacial score (nSPS) is 10.1. The van der Waals surface area contributed by atoms with E-state index < -0.39 is 0 Å². The highest BCUT2D eigenvalue weighted by molar-refractivity contribution is 5.54. The second kappa shape index (κ2) is 5.41. The molecule has 15 heavy (non-hydrogen) atoms. The highest BCUT2D eigenvalue weighted by Gasteiger charge is 2.06. The molecule has 1 rings (SSSR count). The van der Waals surface area contributed by atoms with E-state index in [1.807, 2.05) is 25.1 Å². The monoisotopic (exact) mass is 210 g/mol. The first-order valence-electron chi connectivity index (χ1n) is 4.85. The number of nitrogens with zero attached hydrogens (tertiary/aromatic N) is 2. The Morgan fingerprint density at radius 2 is 2.27 bits per heavy atom. The van der Waals surface area contributed by atoms with Gasteiger partial charge in [-0.2, -0.15) is 4.98 Å². The predicted octanol–water partition coefficient (Wildman–Crippen LogP) is 0.328. The van der Waals surface area contributed by atoms with Gasteiger partial charge in [0.25, 0.3) is 0 Å². The number of hydrogen-bond acceptors (Lipinski definition) is 5. The lowest BCUT2D eigenvalue weighted by Crippen LogP contribution is -2.27. The van der Waals surface area contributed by atoms with Gasteiger partial charge in [0.15, 0.2) is 0 Å². The van der Waals surface area contributed by atoms with Crippen molar-refractivity contribution >= 4 is 11.5 Å². The fraction of sp³-hybridized carbons (Fsp3) is 0.500. The minimum absolute atomic E-state index is 0.476. The van der Waals surface area contributed by atoms with E-state index >= 15 is 0 Å². The summed E-state index contributed by atoms with van der Waals surface area (Å²) in [6.07, 6.45) is 0. The lowest BCUT2D eigenvalue weighted by molar-refractivity contribution is 0.400. The van der Waals surface area contributed by atoms with Crippen molar-refractivity contribution in [1.29, 1.82) is 0 Å². The average molecular weight is 210 g/mol. The molecule has 0 saturated heterocycles. The van der Waals surface area contributed by atoms with E-state index in [1.54, 1.807) is 13.2 Å². The summed E-state index contributed by atoms with van der Waals surface area (Å²) >= 11 is 0. The van der Waals surface area contributed by atoms with Gasteiger partial charge in [0.1, 0.15) is 5.82 Å². The van der Waals surface area contributed by atoms with Gasteiger partial charge >= 0.3 is 0 Å². The number of methoxy groups -OCH3 is 1. The third kappa shape index (κ3) is 2.99. The van der Waals surface area contributed by atoms with Gasteiger partial charge in [0.2, 0.25) is 5.88 Å². The van der Waals surface area contributed by atoms with Crippen LogP contribution in [0.1, 0.15) is 0 Å². The minimum atomic E-state index is 0.476. The third-order valence-electron chi connectivity index (χ3n) is 2.16. The van der Waals surface area contributed by atoms with E-state index in [0.717, 1.165) is 18.9 Å². The van der Waals surface area contributed by atoms with Crippen LogP contribution >= 0.6 is 0 Å². The first kappa shape index (κ1) is 11.6. The van der Waals surface area contributed by atoms with Crippen LogP contribution < -0.4 is 20.7 Å². The zero-order chi connectivity index (χ0) is 11.3. The van der Waals surface area contributed by atoms with Gasteiger partial charge in [-0.1, -0.05) is 0 Å². The molecule has 0 bridgehead atoms. The first-order chi connectivity index (χ1) is 7.19. The molecule has 1 heterocycles. The number of anilines is 2. The molecule has 0 aromatic carbocycles. The van der Waals surface area contributed by atoms with Crippen molar-refractivity contribution in [2.45, 2.75) is 0 Å². The van der Waals surface area contributed by atoms with Crippen LogP contribution in [-0.2, 0) is 0 Å². The van der Waals surface area contributed by atoms with E-state index in [0.29, 0.717) is 11.6 Å². The zero-order valence-corrected chi connectivity index (χ0v) is 9.45. The topological polar surface area (TPSA) is 63.4 Å². The molecule has 0 amide bonds. The molecule has 0 unspecified atom stereocenters. The number of aromatic nitrogens is 1. The molecule has 0 spiro atoms. The SMILES string of the molecule is CNCCN(C)c1ccc(N)c(OC)n1. The van der Waals surface area contributed by atoms with Crippen molar-refractivity contribution in [2.75, 3.05) is 44.9 Å². The van der Waals surface area contributed by atoms with Crippen molar-refractivity contribution in [3.63, 3.8) is 0 Å². The molecule has 0 fully saturated rings. The van der Waals surface area contributed by atoms with E-state index in [4.69, 9.17) is 10.5 Å². The van der Waals surface area contributed by atoms with Gasteiger partial charge in [-0.05, 0) is 19.2 Å². The second-order valence-corrected chi connectivity index (χ2v) is 3.29. The number of ether oxygens (including phenoxy) is 1. The molecule has 0 saturated carbocycles. The Hall–Kier alpha value is -1.49. The van der Waals surface area contributed by atoms with Gasteiger partial charge in [-0.25, -0.2) is 0 Å². The van der Waals surface area contributed by atoms with Crippen LogP contribution in [0, 0.1) is 0 Å². The summed E-state index contributed by atoms with van der Waals surface area (Å²) < 4.78 is 5.06. The quantitative estimate of drug-likeness (QED) is 0.733. The minimum Gasteiger partial charge on any atom is -0.479 e. The number of hydrogen-bond donors (Lipinski definition) is 2. The van der Waals surface area contributed by atoms with Crippen molar-refractivity contribution < 1.29 is 4.74 Å². The Kier molecular flexibility index (Phi) is 4.17. The van der Waals surface area contributed by atoms with Gasteiger partial charge < -0.3 is 20.7 Å². The van der Waals surface area contributed by atoms with Crippen LogP contribution in [0.2, 0.25) is 0 Å². The number of pyridine rings is 1. The Labute approximate surface area is 90.2 Å². The van der Waals surface area contributed by atoms with Crippen molar-refractivity contribution in [3.8, 4) is 5.88 Å².